The van der Waals surface area contributed by atoms with Gasteiger partial charge >= 0.3 is 0 Å². The molecular formula is C14H14N2S2. The third-order valence-corrected chi connectivity index (χ3v) is 5.13. The number of fused-ring (bicyclic) bond motifs is 1. The summed E-state index contributed by atoms with van der Waals surface area (Å²) in [5.74, 6) is 0. The molecule has 0 spiro atoms. The molecule has 0 bridgehead atoms. The monoisotopic (exact) mass is 274 g/mol. The molecule has 18 heavy (non-hydrogen) atoms. The second kappa shape index (κ2) is 5.18. The standard InChI is InChI=1S/C14H14N2S2/c15-7-5-11-13(6-8-16-11)18-14-9-10-3-1-2-4-12(10)17-14/h1-4,6,8-9,16H,5,7,15H2. The van der Waals surface area contributed by atoms with Crippen LogP contribution in [0.3, 0.4) is 0 Å². The minimum Gasteiger partial charge on any atom is -0.364 e. The van der Waals surface area contributed by atoms with Gasteiger partial charge in [-0.15, -0.1) is 11.3 Å². The third kappa shape index (κ3) is 2.32. The molecule has 1 aromatic carbocycles. The number of rotatable bonds is 4. The summed E-state index contributed by atoms with van der Waals surface area (Å²) in [5, 5.41) is 1.32. The summed E-state index contributed by atoms with van der Waals surface area (Å²) in [6.45, 7) is 0.681. The molecule has 2 aromatic heterocycles. The van der Waals surface area contributed by atoms with Crippen LogP contribution in [0.2, 0.25) is 0 Å². The van der Waals surface area contributed by atoms with Gasteiger partial charge in [0.1, 0.15) is 0 Å². The van der Waals surface area contributed by atoms with Gasteiger partial charge in [-0.05, 0) is 30.1 Å². The second-order valence-electron chi connectivity index (χ2n) is 4.06. The van der Waals surface area contributed by atoms with E-state index in [1.165, 1.54) is 24.9 Å². The van der Waals surface area contributed by atoms with Crippen LogP contribution >= 0.6 is 23.1 Å². The lowest BCUT2D eigenvalue weighted by Gasteiger charge is -2.00. The zero-order valence-corrected chi connectivity index (χ0v) is 11.5. The number of aromatic nitrogens is 1. The maximum atomic E-state index is 5.62. The van der Waals surface area contributed by atoms with Gasteiger partial charge in [0, 0.05) is 27.9 Å². The highest BCUT2D eigenvalue weighted by atomic mass is 32.2. The van der Waals surface area contributed by atoms with Crippen LogP contribution in [0.4, 0.5) is 0 Å². The Bertz CT molecular complexity index is 621. The highest BCUT2D eigenvalue weighted by Gasteiger charge is 2.07. The molecule has 2 heterocycles. The molecule has 0 saturated heterocycles. The lowest BCUT2D eigenvalue weighted by molar-refractivity contribution is 0.913. The van der Waals surface area contributed by atoms with E-state index in [0.29, 0.717) is 6.54 Å². The van der Waals surface area contributed by atoms with E-state index in [0.717, 1.165) is 6.42 Å². The van der Waals surface area contributed by atoms with Gasteiger partial charge < -0.3 is 10.7 Å². The van der Waals surface area contributed by atoms with Gasteiger partial charge in [0.2, 0.25) is 0 Å². The number of H-pyrrole nitrogens is 1. The number of nitrogens with one attached hydrogen (secondary N) is 1. The summed E-state index contributed by atoms with van der Waals surface area (Å²) in [5.41, 5.74) is 6.85. The molecule has 2 nitrogen and oxygen atoms in total. The van der Waals surface area contributed by atoms with E-state index in [4.69, 9.17) is 5.73 Å². The maximum Gasteiger partial charge on any atom is 0.0659 e. The molecule has 0 aliphatic heterocycles. The van der Waals surface area contributed by atoms with E-state index in [-0.39, 0.29) is 0 Å². The lowest BCUT2D eigenvalue weighted by Crippen LogP contribution is -2.03. The number of benzene rings is 1. The molecule has 3 aromatic rings. The Morgan fingerprint density at radius 2 is 2.11 bits per heavy atom. The summed E-state index contributed by atoms with van der Waals surface area (Å²) in [4.78, 5) is 4.55. The summed E-state index contributed by atoms with van der Waals surface area (Å²) in [6.07, 6.45) is 2.89. The first-order valence-corrected chi connectivity index (χ1v) is 7.53. The van der Waals surface area contributed by atoms with E-state index in [1.54, 1.807) is 0 Å². The second-order valence-corrected chi connectivity index (χ2v) is 6.49. The van der Waals surface area contributed by atoms with Crippen molar-refractivity contribution in [1.82, 2.24) is 4.98 Å². The van der Waals surface area contributed by atoms with Crippen LogP contribution < -0.4 is 5.73 Å². The Hall–Kier alpha value is -1.23. The topological polar surface area (TPSA) is 41.8 Å². The molecule has 92 valence electrons. The van der Waals surface area contributed by atoms with E-state index in [1.807, 2.05) is 29.3 Å². The van der Waals surface area contributed by atoms with Gasteiger partial charge in [0.05, 0.1) is 4.21 Å². The fourth-order valence-corrected chi connectivity index (χ4v) is 4.26. The predicted molar refractivity (Wildman–Crippen MR) is 79.5 cm³/mol. The first-order chi connectivity index (χ1) is 8.86. The van der Waals surface area contributed by atoms with E-state index >= 15 is 0 Å². The smallest absolute Gasteiger partial charge is 0.0659 e. The van der Waals surface area contributed by atoms with Crippen LogP contribution in [-0.4, -0.2) is 11.5 Å². The SMILES string of the molecule is NCCc1[nH]ccc1Sc1cc2ccccc2s1. The van der Waals surface area contributed by atoms with Crippen molar-refractivity contribution < 1.29 is 0 Å². The molecule has 0 radical (unpaired) electrons. The summed E-state index contributed by atoms with van der Waals surface area (Å²) in [6, 6.07) is 12.9. The lowest BCUT2D eigenvalue weighted by atomic mass is 10.3. The molecule has 0 amide bonds. The molecule has 4 heteroatoms. The first-order valence-electron chi connectivity index (χ1n) is 5.89. The van der Waals surface area contributed by atoms with Crippen molar-refractivity contribution in [2.75, 3.05) is 6.54 Å². The zero-order valence-electron chi connectivity index (χ0n) is 9.85. The first kappa shape index (κ1) is 11.8. The zero-order chi connectivity index (χ0) is 12.4. The Morgan fingerprint density at radius 1 is 1.22 bits per heavy atom. The molecule has 0 aliphatic carbocycles. The average molecular weight is 274 g/mol. The molecule has 0 fully saturated rings. The third-order valence-electron chi connectivity index (χ3n) is 2.80. The number of thiophene rings is 1. The van der Waals surface area contributed by atoms with Crippen LogP contribution in [0, 0.1) is 0 Å². The van der Waals surface area contributed by atoms with Gasteiger partial charge in [0.25, 0.3) is 0 Å². The van der Waals surface area contributed by atoms with Gasteiger partial charge in [-0.2, -0.15) is 0 Å². The highest BCUT2D eigenvalue weighted by molar-refractivity contribution is 8.01. The van der Waals surface area contributed by atoms with Gasteiger partial charge in [-0.3, -0.25) is 0 Å². The largest absolute Gasteiger partial charge is 0.364 e. The van der Waals surface area contributed by atoms with Crippen LogP contribution in [0.15, 0.2) is 51.7 Å². The molecule has 3 rings (SSSR count). The van der Waals surface area contributed by atoms with Crippen molar-refractivity contribution in [3.05, 3.63) is 48.3 Å². The number of hydrogen-bond acceptors (Lipinski definition) is 3. The Labute approximate surface area is 114 Å². The summed E-state index contributed by atoms with van der Waals surface area (Å²) < 4.78 is 2.67. The van der Waals surface area contributed by atoms with Crippen molar-refractivity contribution in [1.29, 1.82) is 0 Å². The van der Waals surface area contributed by atoms with Crippen LogP contribution in [0.25, 0.3) is 10.1 Å². The molecule has 0 saturated carbocycles. The normalized spacial score (nSPS) is 11.2. The van der Waals surface area contributed by atoms with Crippen LogP contribution in [0.1, 0.15) is 5.69 Å². The van der Waals surface area contributed by atoms with Crippen molar-refractivity contribution >= 4 is 33.2 Å². The Kier molecular flexibility index (Phi) is 3.41. The summed E-state index contributed by atoms with van der Waals surface area (Å²) >= 11 is 3.66. The number of nitrogens with two attached hydrogens (primary N) is 1. The van der Waals surface area contributed by atoms with E-state index in [2.05, 4.69) is 41.4 Å². The number of aromatic amines is 1. The Balaban J connectivity index is 1.89. The predicted octanol–water partition coefficient (Wildman–Crippen LogP) is 3.88. The molecule has 0 atom stereocenters. The highest BCUT2D eigenvalue weighted by Crippen LogP contribution is 2.38. The molecule has 0 aliphatic rings. The van der Waals surface area contributed by atoms with Crippen molar-refractivity contribution in [2.45, 2.75) is 15.5 Å². The van der Waals surface area contributed by atoms with Crippen molar-refractivity contribution in [2.24, 2.45) is 5.73 Å². The van der Waals surface area contributed by atoms with Gasteiger partial charge in [-0.25, -0.2) is 0 Å². The van der Waals surface area contributed by atoms with Crippen LogP contribution in [0.5, 0.6) is 0 Å². The molecular weight excluding hydrogens is 260 g/mol. The average Bonchev–Trinajstić information content (AvgIpc) is 2.97. The fourth-order valence-electron chi connectivity index (χ4n) is 1.94. The fraction of sp³-hybridized carbons (Fsp3) is 0.143. The summed E-state index contributed by atoms with van der Waals surface area (Å²) in [7, 11) is 0. The van der Waals surface area contributed by atoms with Gasteiger partial charge in [-0.1, -0.05) is 30.0 Å². The Morgan fingerprint density at radius 3 is 2.94 bits per heavy atom. The minimum absolute atomic E-state index is 0.681. The van der Waals surface area contributed by atoms with E-state index < -0.39 is 0 Å². The number of hydrogen-bond donors (Lipinski definition) is 2. The van der Waals surface area contributed by atoms with E-state index in [9.17, 15) is 0 Å². The van der Waals surface area contributed by atoms with Gasteiger partial charge in [0.15, 0.2) is 0 Å². The molecule has 3 N–H and O–H groups in total. The minimum atomic E-state index is 0.681. The maximum absolute atomic E-state index is 5.62. The van der Waals surface area contributed by atoms with Crippen molar-refractivity contribution in [3.8, 4) is 0 Å². The quantitative estimate of drug-likeness (QED) is 0.758. The van der Waals surface area contributed by atoms with Crippen molar-refractivity contribution in [3.63, 3.8) is 0 Å². The van der Waals surface area contributed by atoms with Crippen LogP contribution in [-0.2, 0) is 6.42 Å². The molecule has 0 unspecified atom stereocenters.